The lowest BCUT2D eigenvalue weighted by molar-refractivity contribution is 0.0753. The molecule has 7 nitrogen and oxygen atoms in total. The normalized spacial score (nSPS) is 15.4. The summed E-state index contributed by atoms with van der Waals surface area (Å²) in [7, 11) is 4.08. The number of hydrogen-bond donors (Lipinski definition) is 1. The largest absolute Gasteiger partial charge is 0.337 e. The third-order valence-electron chi connectivity index (χ3n) is 3.57. The van der Waals surface area contributed by atoms with Crippen molar-refractivity contribution in [1.29, 1.82) is 0 Å². The molecule has 1 aromatic rings. The molecule has 1 aliphatic rings. The Labute approximate surface area is 119 Å². The number of nitrogens with zero attached hydrogens (tertiary/aromatic N) is 5. The van der Waals surface area contributed by atoms with Crippen LogP contribution in [-0.2, 0) is 0 Å². The first-order valence-electron chi connectivity index (χ1n) is 7.18. The van der Waals surface area contributed by atoms with E-state index in [4.69, 9.17) is 0 Å². The van der Waals surface area contributed by atoms with Crippen LogP contribution in [0.4, 0.5) is 0 Å². The van der Waals surface area contributed by atoms with E-state index in [0.717, 1.165) is 32.6 Å². The van der Waals surface area contributed by atoms with E-state index >= 15 is 0 Å². The number of hydrogen-bond acceptors (Lipinski definition) is 5. The highest BCUT2D eigenvalue weighted by Crippen LogP contribution is 2.11. The van der Waals surface area contributed by atoms with Gasteiger partial charge in [0, 0.05) is 26.2 Å². The lowest BCUT2D eigenvalue weighted by Crippen LogP contribution is -2.43. The molecule has 1 saturated heterocycles. The third-order valence-corrected chi connectivity index (χ3v) is 3.57. The summed E-state index contributed by atoms with van der Waals surface area (Å²) in [6.07, 6.45) is 2.73. The first kappa shape index (κ1) is 14.9. The van der Waals surface area contributed by atoms with Gasteiger partial charge in [-0.3, -0.25) is 4.79 Å². The maximum absolute atomic E-state index is 12.4. The molecule has 0 spiro atoms. The van der Waals surface area contributed by atoms with Crippen LogP contribution in [0.2, 0.25) is 0 Å². The topological polar surface area (TPSA) is 66.3 Å². The van der Waals surface area contributed by atoms with Gasteiger partial charge in [-0.1, -0.05) is 5.21 Å². The molecule has 1 aromatic heterocycles. The van der Waals surface area contributed by atoms with Crippen molar-refractivity contribution < 1.29 is 4.79 Å². The van der Waals surface area contributed by atoms with Gasteiger partial charge in [-0.05, 0) is 34.0 Å². The van der Waals surface area contributed by atoms with Gasteiger partial charge in [0.15, 0.2) is 5.69 Å². The van der Waals surface area contributed by atoms with E-state index < -0.39 is 0 Å². The van der Waals surface area contributed by atoms with Crippen molar-refractivity contribution in [2.75, 3.05) is 46.8 Å². The molecule has 112 valence electrons. The molecule has 0 atom stereocenters. The van der Waals surface area contributed by atoms with Crippen LogP contribution in [-0.4, -0.2) is 77.5 Å². The zero-order valence-corrected chi connectivity index (χ0v) is 12.5. The van der Waals surface area contributed by atoms with Crippen LogP contribution in [0.3, 0.4) is 0 Å². The quantitative estimate of drug-likeness (QED) is 0.751. The summed E-state index contributed by atoms with van der Waals surface area (Å²) < 4.78 is 1.79. The predicted molar refractivity (Wildman–Crippen MR) is 76.7 cm³/mol. The summed E-state index contributed by atoms with van der Waals surface area (Å²) in [5, 5.41) is 11.3. The number of nitrogens with one attached hydrogen (secondary N) is 1. The van der Waals surface area contributed by atoms with E-state index in [1.165, 1.54) is 0 Å². The molecule has 2 rings (SSSR count). The van der Waals surface area contributed by atoms with Gasteiger partial charge in [0.1, 0.15) is 0 Å². The number of carbonyl (C=O) groups is 1. The zero-order valence-electron chi connectivity index (χ0n) is 12.5. The second-order valence-electron chi connectivity index (χ2n) is 5.44. The maximum Gasteiger partial charge on any atom is 0.276 e. The molecule has 0 radical (unpaired) electrons. The minimum atomic E-state index is -0.0233. The monoisotopic (exact) mass is 280 g/mol. The van der Waals surface area contributed by atoms with E-state index in [0.29, 0.717) is 18.3 Å². The Balaban J connectivity index is 1.91. The van der Waals surface area contributed by atoms with Crippen LogP contribution in [0.1, 0.15) is 29.9 Å². The second kappa shape index (κ2) is 6.81. The van der Waals surface area contributed by atoms with Crippen LogP contribution < -0.4 is 5.32 Å². The van der Waals surface area contributed by atoms with Crippen molar-refractivity contribution >= 4 is 5.91 Å². The fourth-order valence-electron chi connectivity index (χ4n) is 2.16. The summed E-state index contributed by atoms with van der Waals surface area (Å²) in [5.74, 6) is -0.0233. The molecule has 0 aromatic carbocycles. The lowest BCUT2D eigenvalue weighted by Gasteiger charge is -2.26. The predicted octanol–water partition coefficient (Wildman–Crippen LogP) is -0.164. The summed E-state index contributed by atoms with van der Waals surface area (Å²) in [4.78, 5) is 16.3. The summed E-state index contributed by atoms with van der Waals surface area (Å²) in [5.41, 5.74) is 0.448. The smallest absolute Gasteiger partial charge is 0.276 e. The molecule has 20 heavy (non-hydrogen) atoms. The Morgan fingerprint density at radius 1 is 1.45 bits per heavy atom. The van der Waals surface area contributed by atoms with Crippen LogP contribution in [0.5, 0.6) is 0 Å². The lowest BCUT2D eigenvalue weighted by atomic mass is 10.2. The van der Waals surface area contributed by atoms with Crippen molar-refractivity contribution in [2.45, 2.75) is 19.4 Å². The standard InChI is InChI=1S/C13H24N6O/c1-4-18(7-5-6-17(2)3)13(20)12-10-19(16-15-12)11-8-14-9-11/h10-11,14H,4-9H2,1-3H3. The van der Waals surface area contributed by atoms with E-state index in [-0.39, 0.29) is 5.91 Å². The minimum absolute atomic E-state index is 0.0233. The molecule has 2 heterocycles. The summed E-state index contributed by atoms with van der Waals surface area (Å²) in [6, 6.07) is 0.341. The molecule has 0 aliphatic carbocycles. The molecular formula is C13H24N6O. The van der Waals surface area contributed by atoms with Crippen molar-refractivity contribution in [2.24, 2.45) is 0 Å². The van der Waals surface area contributed by atoms with Crippen molar-refractivity contribution in [3.05, 3.63) is 11.9 Å². The fourth-order valence-corrected chi connectivity index (χ4v) is 2.16. The van der Waals surface area contributed by atoms with Gasteiger partial charge in [-0.15, -0.1) is 5.10 Å². The average Bonchev–Trinajstić information content (AvgIpc) is 2.80. The Bertz CT molecular complexity index is 440. The van der Waals surface area contributed by atoms with Crippen molar-refractivity contribution in [3.63, 3.8) is 0 Å². The molecule has 0 bridgehead atoms. The molecule has 1 N–H and O–H groups in total. The molecule has 1 aliphatic heterocycles. The van der Waals surface area contributed by atoms with E-state index in [1.54, 1.807) is 10.9 Å². The van der Waals surface area contributed by atoms with Gasteiger partial charge >= 0.3 is 0 Å². The molecule has 1 amide bonds. The van der Waals surface area contributed by atoms with Gasteiger partial charge in [0.05, 0.1) is 12.2 Å². The zero-order chi connectivity index (χ0) is 14.5. The molecule has 0 unspecified atom stereocenters. The SMILES string of the molecule is CCN(CCCN(C)C)C(=O)c1cn(C2CNC2)nn1. The van der Waals surface area contributed by atoms with Gasteiger partial charge in [0.25, 0.3) is 5.91 Å². The molecule has 0 saturated carbocycles. The maximum atomic E-state index is 12.4. The van der Waals surface area contributed by atoms with Crippen LogP contribution in [0.25, 0.3) is 0 Å². The van der Waals surface area contributed by atoms with Gasteiger partial charge in [-0.2, -0.15) is 0 Å². The number of amides is 1. The average molecular weight is 280 g/mol. The Morgan fingerprint density at radius 3 is 2.75 bits per heavy atom. The van der Waals surface area contributed by atoms with E-state index in [1.807, 2.05) is 25.9 Å². The third kappa shape index (κ3) is 3.55. The van der Waals surface area contributed by atoms with Crippen LogP contribution in [0, 0.1) is 0 Å². The van der Waals surface area contributed by atoms with E-state index in [2.05, 4.69) is 20.5 Å². The van der Waals surface area contributed by atoms with Crippen LogP contribution >= 0.6 is 0 Å². The first-order valence-corrected chi connectivity index (χ1v) is 7.18. The molecular weight excluding hydrogens is 256 g/mol. The Hall–Kier alpha value is -1.47. The fraction of sp³-hybridized carbons (Fsp3) is 0.769. The minimum Gasteiger partial charge on any atom is -0.337 e. The highest BCUT2D eigenvalue weighted by Gasteiger charge is 2.23. The first-order chi connectivity index (χ1) is 9.61. The van der Waals surface area contributed by atoms with E-state index in [9.17, 15) is 4.79 Å². The summed E-state index contributed by atoms with van der Waals surface area (Å²) in [6.45, 7) is 6.22. The van der Waals surface area contributed by atoms with Crippen LogP contribution in [0.15, 0.2) is 6.20 Å². The Morgan fingerprint density at radius 2 is 2.20 bits per heavy atom. The highest BCUT2D eigenvalue weighted by atomic mass is 16.2. The second-order valence-corrected chi connectivity index (χ2v) is 5.44. The van der Waals surface area contributed by atoms with Gasteiger partial charge in [0.2, 0.25) is 0 Å². The van der Waals surface area contributed by atoms with Crippen molar-refractivity contribution in [3.8, 4) is 0 Å². The summed E-state index contributed by atoms with van der Waals surface area (Å²) >= 11 is 0. The highest BCUT2D eigenvalue weighted by molar-refractivity contribution is 5.91. The Kier molecular flexibility index (Phi) is 5.08. The van der Waals surface area contributed by atoms with Gasteiger partial charge in [-0.25, -0.2) is 4.68 Å². The van der Waals surface area contributed by atoms with Gasteiger partial charge < -0.3 is 15.1 Å². The molecule has 7 heteroatoms. The number of aromatic nitrogens is 3. The van der Waals surface area contributed by atoms with Crippen molar-refractivity contribution in [1.82, 2.24) is 30.1 Å². The number of rotatable bonds is 7. The number of carbonyl (C=O) groups excluding carboxylic acids is 1. The molecule has 1 fully saturated rings.